The third-order valence-electron chi connectivity index (χ3n) is 2.27. The first-order valence-corrected chi connectivity index (χ1v) is 5.89. The first kappa shape index (κ1) is 13.7. The zero-order valence-corrected chi connectivity index (χ0v) is 11.4. The van der Waals surface area contributed by atoms with Gasteiger partial charge in [0.05, 0.1) is 27.1 Å². The second-order valence-corrected chi connectivity index (χ2v) is 5.67. The predicted octanol–water partition coefficient (Wildman–Crippen LogP) is 2.45. The molecule has 94 valence electrons. The van der Waals surface area contributed by atoms with E-state index in [2.05, 4.69) is 21.1 Å². The van der Waals surface area contributed by atoms with Crippen molar-refractivity contribution in [3.8, 4) is 5.75 Å². The smallest absolute Gasteiger partial charge is 0.313 e. The van der Waals surface area contributed by atoms with Crippen LogP contribution in [-0.2, 0) is 11.3 Å². The van der Waals surface area contributed by atoms with Crippen LogP contribution in [0.25, 0.3) is 0 Å². The summed E-state index contributed by atoms with van der Waals surface area (Å²) in [5.74, 6) is 0.333. The highest BCUT2D eigenvalue weighted by Gasteiger charge is 2.11. The summed E-state index contributed by atoms with van der Waals surface area (Å²) in [7, 11) is 6.44. The van der Waals surface area contributed by atoms with Crippen LogP contribution in [0.5, 0.6) is 5.75 Å². The van der Waals surface area contributed by atoms with Crippen molar-refractivity contribution in [3.63, 3.8) is 0 Å². The van der Waals surface area contributed by atoms with E-state index in [4.69, 9.17) is 4.74 Å². The van der Waals surface area contributed by atoms with Gasteiger partial charge in [-0.25, -0.2) is 0 Å². The Hall–Kier alpha value is -1.35. The number of carbonyl (C=O) groups is 1. The van der Waals surface area contributed by atoms with Gasteiger partial charge in [-0.2, -0.15) is 0 Å². The summed E-state index contributed by atoms with van der Waals surface area (Å²) < 4.78 is 6.10. The normalized spacial score (nSPS) is 11.6. The maximum Gasteiger partial charge on any atom is 0.313 e. The van der Waals surface area contributed by atoms with Crippen LogP contribution in [-0.4, -0.2) is 31.6 Å². The highest BCUT2D eigenvalue weighted by molar-refractivity contribution is 5.74. The van der Waals surface area contributed by atoms with Crippen LogP contribution in [0.1, 0.15) is 19.4 Å². The molecular formula is C14H22NO2+. The quantitative estimate of drug-likeness (QED) is 0.456. The van der Waals surface area contributed by atoms with Crippen molar-refractivity contribution < 1.29 is 14.0 Å². The van der Waals surface area contributed by atoms with Gasteiger partial charge in [-0.15, -0.1) is 0 Å². The van der Waals surface area contributed by atoms with E-state index in [1.54, 1.807) is 0 Å². The van der Waals surface area contributed by atoms with Crippen molar-refractivity contribution in [2.45, 2.75) is 20.4 Å². The molecule has 1 aromatic rings. The van der Waals surface area contributed by atoms with E-state index in [9.17, 15) is 4.79 Å². The molecule has 0 saturated carbocycles. The van der Waals surface area contributed by atoms with Gasteiger partial charge >= 0.3 is 5.97 Å². The Labute approximate surface area is 104 Å². The van der Waals surface area contributed by atoms with Crippen LogP contribution in [0.4, 0.5) is 0 Å². The lowest BCUT2D eigenvalue weighted by atomic mass is 10.2. The highest BCUT2D eigenvalue weighted by atomic mass is 16.5. The second kappa shape index (κ2) is 5.32. The monoisotopic (exact) mass is 236 g/mol. The lowest BCUT2D eigenvalue weighted by molar-refractivity contribution is -0.884. The molecule has 17 heavy (non-hydrogen) atoms. The number of esters is 1. The van der Waals surface area contributed by atoms with E-state index in [0.717, 1.165) is 11.0 Å². The minimum atomic E-state index is -0.190. The lowest BCUT2D eigenvalue weighted by Gasteiger charge is -2.23. The number of nitrogens with zero attached hydrogens (tertiary/aromatic N) is 1. The Kier molecular flexibility index (Phi) is 4.29. The van der Waals surface area contributed by atoms with Crippen LogP contribution >= 0.6 is 0 Å². The van der Waals surface area contributed by atoms with Crippen LogP contribution in [0.15, 0.2) is 24.3 Å². The van der Waals surface area contributed by atoms with Crippen molar-refractivity contribution in [1.29, 1.82) is 0 Å². The van der Waals surface area contributed by atoms with E-state index in [1.165, 1.54) is 5.56 Å². The zero-order valence-electron chi connectivity index (χ0n) is 11.4. The molecule has 0 aliphatic heterocycles. The average molecular weight is 236 g/mol. The zero-order chi connectivity index (χ0) is 13.1. The van der Waals surface area contributed by atoms with Gasteiger partial charge in [0.1, 0.15) is 12.3 Å². The molecule has 0 spiro atoms. The average Bonchev–Trinajstić information content (AvgIpc) is 2.18. The van der Waals surface area contributed by atoms with Gasteiger partial charge in [0.15, 0.2) is 0 Å². The minimum Gasteiger partial charge on any atom is -0.426 e. The summed E-state index contributed by atoms with van der Waals surface area (Å²) in [5, 5.41) is 0. The van der Waals surface area contributed by atoms with Crippen LogP contribution in [0.2, 0.25) is 0 Å². The summed E-state index contributed by atoms with van der Waals surface area (Å²) in [6.07, 6.45) is 0. The molecule has 0 unspecified atom stereocenters. The van der Waals surface area contributed by atoms with E-state index in [-0.39, 0.29) is 11.9 Å². The maximum absolute atomic E-state index is 11.4. The first-order chi connectivity index (χ1) is 7.78. The summed E-state index contributed by atoms with van der Waals surface area (Å²) in [6.45, 7) is 4.61. The van der Waals surface area contributed by atoms with Gasteiger partial charge in [0, 0.05) is 5.56 Å². The topological polar surface area (TPSA) is 26.3 Å². The number of quaternary nitrogens is 1. The van der Waals surface area contributed by atoms with E-state index in [1.807, 2.05) is 38.1 Å². The largest absolute Gasteiger partial charge is 0.426 e. The fourth-order valence-electron chi connectivity index (χ4n) is 1.44. The standard InChI is InChI=1S/C14H22NO2/c1-11(2)14(16)17-13-8-6-12(7-9-13)10-15(3,4)5/h6-9,11H,10H2,1-5H3/q+1. The molecule has 0 radical (unpaired) electrons. The Bertz CT molecular complexity index is 374. The lowest BCUT2D eigenvalue weighted by Crippen LogP contribution is -2.33. The van der Waals surface area contributed by atoms with Crippen molar-refractivity contribution in [2.75, 3.05) is 21.1 Å². The fourth-order valence-corrected chi connectivity index (χ4v) is 1.44. The van der Waals surface area contributed by atoms with E-state index in [0.29, 0.717) is 5.75 Å². The molecule has 0 aliphatic carbocycles. The molecule has 1 aromatic carbocycles. The molecule has 0 amide bonds. The number of carbonyl (C=O) groups excluding carboxylic acids is 1. The van der Waals surface area contributed by atoms with E-state index >= 15 is 0 Å². The molecule has 0 saturated heterocycles. The van der Waals surface area contributed by atoms with Crippen molar-refractivity contribution >= 4 is 5.97 Å². The summed E-state index contributed by atoms with van der Waals surface area (Å²) in [6, 6.07) is 7.72. The highest BCUT2D eigenvalue weighted by Crippen LogP contribution is 2.15. The van der Waals surface area contributed by atoms with Gasteiger partial charge in [0.25, 0.3) is 0 Å². The van der Waals surface area contributed by atoms with Crippen molar-refractivity contribution in [3.05, 3.63) is 29.8 Å². The van der Waals surface area contributed by atoms with E-state index < -0.39 is 0 Å². The van der Waals surface area contributed by atoms with Gasteiger partial charge in [-0.05, 0) is 24.3 Å². The molecule has 0 aliphatic rings. The van der Waals surface area contributed by atoms with Gasteiger partial charge in [-0.3, -0.25) is 4.79 Å². The number of rotatable bonds is 4. The Morgan fingerprint density at radius 2 is 1.71 bits per heavy atom. The van der Waals surface area contributed by atoms with Crippen LogP contribution in [0.3, 0.4) is 0 Å². The predicted molar refractivity (Wildman–Crippen MR) is 68.7 cm³/mol. The summed E-state index contributed by atoms with van der Waals surface area (Å²) in [4.78, 5) is 11.4. The Balaban J connectivity index is 2.65. The molecular weight excluding hydrogens is 214 g/mol. The molecule has 1 rings (SSSR count). The Morgan fingerprint density at radius 3 is 2.12 bits per heavy atom. The van der Waals surface area contributed by atoms with Gasteiger partial charge < -0.3 is 9.22 Å². The molecule has 0 N–H and O–H groups in total. The molecule has 0 bridgehead atoms. The van der Waals surface area contributed by atoms with Crippen molar-refractivity contribution in [1.82, 2.24) is 0 Å². The molecule has 0 heterocycles. The molecule has 0 aromatic heterocycles. The third-order valence-corrected chi connectivity index (χ3v) is 2.27. The van der Waals surface area contributed by atoms with Crippen molar-refractivity contribution in [2.24, 2.45) is 5.92 Å². The fraction of sp³-hybridized carbons (Fsp3) is 0.500. The Morgan fingerprint density at radius 1 is 1.18 bits per heavy atom. The second-order valence-electron chi connectivity index (χ2n) is 5.67. The van der Waals surface area contributed by atoms with Crippen LogP contribution < -0.4 is 4.74 Å². The molecule has 0 atom stereocenters. The maximum atomic E-state index is 11.4. The molecule has 0 fully saturated rings. The molecule has 3 nitrogen and oxygen atoms in total. The summed E-state index contributed by atoms with van der Waals surface area (Å²) in [5.41, 5.74) is 1.24. The summed E-state index contributed by atoms with van der Waals surface area (Å²) >= 11 is 0. The third kappa shape index (κ3) is 5.00. The van der Waals surface area contributed by atoms with Gasteiger partial charge in [-0.1, -0.05) is 13.8 Å². The SMILES string of the molecule is CC(C)C(=O)Oc1ccc(C[N+](C)(C)C)cc1. The minimum absolute atomic E-state index is 0.0964. The van der Waals surface area contributed by atoms with Crippen LogP contribution in [0, 0.1) is 5.92 Å². The number of hydrogen-bond donors (Lipinski definition) is 0. The number of ether oxygens (including phenoxy) is 1. The molecule has 3 heteroatoms. The van der Waals surface area contributed by atoms with Gasteiger partial charge in [0.2, 0.25) is 0 Å². The first-order valence-electron chi connectivity index (χ1n) is 5.89. The number of benzene rings is 1. The number of hydrogen-bond acceptors (Lipinski definition) is 2.